The van der Waals surface area contributed by atoms with Gasteiger partial charge >= 0.3 is 0 Å². The average molecular weight is 218 g/mol. The standard InChI is InChI=1S/C13H18N2O/c1-4-12(9-16-3)15-13-6-5-10(2)7-11(13)8-14/h5-7,12,15H,4,9H2,1-3H3. The molecule has 0 aromatic heterocycles. The van der Waals surface area contributed by atoms with Crippen LogP contribution in [0.15, 0.2) is 18.2 Å². The van der Waals surface area contributed by atoms with Gasteiger partial charge in [-0.1, -0.05) is 13.0 Å². The van der Waals surface area contributed by atoms with Crippen LogP contribution in [0.25, 0.3) is 0 Å². The smallest absolute Gasteiger partial charge is 0.101 e. The van der Waals surface area contributed by atoms with Crippen molar-refractivity contribution in [3.05, 3.63) is 29.3 Å². The maximum Gasteiger partial charge on any atom is 0.101 e. The maximum atomic E-state index is 9.04. The number of nitrogens with zero attached hydrogens (tertiary/aromatic N) is 1. The molecule has 0 saturated carbocycles. The first-order chi connectivity index (χ1) is 7.71. The van der Waals surface area contributed by atoms with Gasteiger partial charge in [0.1, 0.15) is 6.07 Å². The summed E-state index contributed by atoms with van der Waals surface area (Å²) in [4.78, 5) is 0. The van der Waals surface area contributed by atoms with Gasteiger partial charge in [0.05, 0.1) is 17.9 Å². The molecule has 0 aliphatic carbocycles. The molecule has 0 spiro atoms. The molecule has 1 unspecified atom stereocenters. The van der Waals surface area contributed by atoms with Gasteiger partial charge in [0.2, 0.25) is 0 Å². The van der Waals surface area contributed by atoms with E-state index < -0.39 is 0 Å². The highest BCUT2D eigenvalue weighted by atomic mass is 16.5. The van der Waals surface area contributed by atoms with E-state index in [0.717, 1.165) is 17.7 Å². The highest BCUT2D eigenvalue weighted by Crippen LogP contribution is 2.18. The van der Waals surface area contributed by atoms with E-state index in [4.69, 9.17) is 10.00 Å². The van der Waals surface area contributed by atoms with Crippen molar-refractivity contribution in [1.29, 1.82) is 5.26 Å². The van der Waals surface area contributed by atoms with Crippen molar-refractivity contribution in [3.63, 3.8) is 0 Å². The zero-order valence-corrected chi connectivity index (χ0v) is 10.1. The van der Waals surface area contributed by atoms with Crippen LogP contribution in [0.2, 0.25) is 0 Å². The Hall–Kier alpha value is -1.53. The van der Waals surface area contributed by atoms with Gasteiger partial charge in [0, 0.05) is 13.2 Å². The number of benzene rings is 1. The van der Waals surface area contributed by atoms with E-state index in [1.165, 1.54) is 0 Å². The molecule has 3 heteroatoms. The molecule has 86 valence electrons. The van der Waals surface area contributed by atoms with Crippen molar-refractivity contribution in [2.45, 2.75) is 26.3 Å². The van der Waals surface area contributed by atoms with Crippen molar-refractivity contribution >= 4 is 5.69 Å². The summed E-state index contributed by atoms with van der Waals surface area (Å²) in [6.07, 6.45) is 0.965. The summed E-state index contributed by atoms with van der Waals surface area (Å²) in [6, 6.07) is 8.30. The molecule has 1 aromatic carbocycles. The number of hydrogen-bond donors (Lipinski definition) is 1. The predicted octanol–water partition coefficient (Wildman–Crippen LogP) is 2.70. The number of nitrogens with one attached hydrogen (secondary N) is 1. The Kier molecular flexibility index (Phi) is 4.81. The molecule has 16 heavy (non-hydrogen) atoms. The molecule has 0 aliphatic rings. The first-order valence-corrected chi connectivity index (χ1v) is 5.47. The van der Waals surface area contributed by atoms with Crippen molar-refractivity contribution in [2.24, 2.45) is 0 Å². The summed E-state index contributed by atoms with van der Waals surface area (Å²) >= 11 is 0. The predicted molar refractivity (Wildman–Crippen MR) is 65.5 cm³/mol. The van der Waals surface area contributed by atoms with Crippen LogP contribution < -0.4 is 5.32 Å². The lowest BCUT2D eigenvalue weighted by atomic mass is 10.1. The number of hydrogen-bond acceptors (Lipinski definition) is 3. The molecular weight excluding hydrogens is 200 g/mol. The fourth-order valence-corrected chi connectivity index (χ4v) is 1.56. The van der Waals surface area contributed by atoms with E-state index >= 15 is 0 Å². The largest absolute Gasteiger partial charge is 0.383 e. The Labute approximate surface area is 97.0 Å². The van der Waals surface area contributed by atoms with Crippen molar-refractivity contribution in [3.8, 4) is 6.07 Å². The second kappa shape index (κ2) is 6.14. The third kappa shape index (κ3) is 3.25. The van der Waals surface area contributed by atoms with Gasteiger partial charge in [-0.05, 0) is 31.0 Å². The molecule has 0 saturated heterocycles. The van der Waals surface area contributed by atoms with Crippen LogP contribution in [-0.2, 0) is 4.74 Å². The molecule has 1 atom stereocenters. The van der Waals surface area contributed by atoms with E-state index in [1.54, 1.807) is 7.11 Å². The fourth-order valence-electron chi connectivity index (χ4n) is 1.56. The zero-order chi connectivity index (χ0) is 12.0. The lowest BCUT2D eigenvalue weighted by molar-refractivity contribution is 0.184. The fraction of sp³-hybridized carbons (Fsp3) is 0.462. The van der Waals surface area contributed by atoms with Gasteiger partial charge in [-0.3, -0.25) is 0 Å². The molecule has 1 aromatic rings. The summed E-state index contributed by atoms with van der Waals surface area (Å²) in [7, 11) is 1.69. The van der Waals surface area contributed by atoms with E-state index in [0.29, 0.717) is 12.2 Å². The molecule has 0 fully saturated rings. The van der Waals surface area contributed by atoms with E-state index in [9.17, 15) is 0 Å². The lowest BCUT2D eigenvalue weighted by Crippen LogP contribution is -2.24. The van der Waals surface area contributed by atoms with Crippen LogP contribution in [0.4, 0.5) is 5.69 Å². The molecule has 0 bridgehead atoms. The number of rotatable bonds is 5. The topological polar surface area (TPSA) is 45.0 Å². The quantitative estimate of drug-likeness (QED) is 0.826. The third-order valence-corrected chi connectivity index (χ3v) is 2.52. The van der Waals surface area contributed by atoms with Crippen LogP contribution >= 0.6 is 0 Å². The molecular formula is C13H18N2O. The Morgan fingerprint density at radius 3 is 2.81 bits per heavy atom. The molecule has 3 nitrogen and oxygen atoms in total. The monoisotopic (exact) mass is 218 g/mol. The summed E-state index contributed by atoms with van der Waals surface area (Å²) in [5.74, 6) is 0. The normalized spacial score (nSPS) is 11.9. The van der Waals surface area contributed by atoms with Crippen LogP contribution in [0.5, 0.6) is 0 Å². The number of anilines is 1. The van der Waals surface area contributed by atoms with E-state index in [1.807, 2.05) is 25.1 Å². The average Bonchev–Trinajstić information content (AvgIpc) is 2.30. The highest BCUT2D eigenvalue weighted by Gasteiger charge is 2.08. The van der Waals surface area contributed by atoms with Crippen LogP contribution in [0.1, 0.15) is 24.5 Å². The van der Waals surface area contributed by atoms with Crippen LogP contribution in [-0.4, -0.2) is 19.8 Å². The van der Waals surface area contributed by atoms with E-state index in [-0.39, 0.29) is 6.04 Å². The second-order valence-corrected chi connectivity index (χ2v) is 3.87. The minimum Gasteiger partial charge on any atom is -0.383 e. The molecule has 0 amide bonds. The molecule has 1 N–H and O–H groups in total. The number of ether oxygens (including phenoxy) is 1. The van der Waals surface area contributed by atoms with Gasteiger partial charge in [-0.15, -0.1) is 0 Å². The summed E-state index contributed by atoms with van der Waals surface area (Å²) in [6.45, 7) is 4.73. The highest BCUT2D eigenvalue weighted by molar-refractivity contribution is 5.59. The van der Waals surface area contributed by atoms with Gasteiger partial charge < -0.3 is 10.1 Å². The Bertz CT molecular complexity index is 382. The lowest BCUT2D eigenvalue weighted by Gasteiger charge is -2.18. The second-order valence-electron chi connectivity index (χ2n) is 3.87. The SMILES string of the molecule is CCC(COC)Nc1ccc(C)cc1C#N. The molecule has 0 heterocycles. The van der Waals surface area contributed by atoms with Crippen molar-refractivity contribution < 1.29 is 4.74 Å². The summed E-state index contributed by atoms with van der Waals surface area (Å²) in [5.41, 5.74) is 2.67. The number of nitriles is 1. The summed E-state index contributed by atoms with van der Waals surface area (Å²) in [5, 5.41) is 12.4. The molecule has 0 aliphatic heterocycles. The van der Waals surface area contributed by atoms with Crippen molar-refractivity contribution in [1.82, 2.24) is 0 Å². The van der Waals surface area contributed by atoms with Gasteiger partial charge in [0.15, 0.2) is 0 Å². The first-order valence-electron chi connectivity index (χ1n) is 5.47. The minimum absolute atomic E-state index is 0.250. The van der Waals surface area contributed by atoms with Crippen molar-refractivity contribution in [2.75, 3.05) is 19.0 Å². The van der Waals surface area contributed by atoms with Gasteiger partial charge in [-0.2, -0.15) is 5.26 Å². The van der Waals surface area contributed by atoms with Gasteiger partial charge in [-0.25, -0.2) is 0 Å². The Morgan fingerprint density at radius 2 is 2.25 bits per heavy atom. The van der Waals surface area contributed by atoms with Crippen LogP contribution in [0.3, 0.4) is 0 Å². The zero-order valence-electron chi connectivity index (χ0n) is 10.1. The van der Waals surface area contributed by atoms with Gasteiger partial charge in [0.25, 0.3) is 0 Å². The third-order valence-electron chi connectivity index (χ3n) is 2.52. The van der Waals surface area contributed by atoms with E-state index in [2.05, 4.69) is 18.3 Å². The molecule has 1 rings (SSSR count). The number of methoxy groups -OCH3 is 1. The van der Waals surface area contributed by atoms with Crippen LogP contribution in [0, 0.1) is 18.3 Å². The number of aryl methyl sites for hydroxylation is 1. The Balaban J connectivity index is 2.83. The first kappa shape index (κ1) is 12.5. The minimum atomic E-state index is 0.250. The maximum absolute atomic E-state index is 9.04. The summed E-state index contributed by atoms with van der Waals surface area (Å²) < 4.78 is 5.12. The molecule has 0 radical (unpaired) electrons. The Morgan fingerprint density at radius 1 is 1.50 bits per heavy atom.